The van der Waals surface area contributed by atoms with Crippen LogP contribution in [0.25, 0.3) is 10.1 Å². The molecule has 0 fully saturated rings. The molecule has 3 rings (SSSR count). The second-order valence-corrected chi connectivity index (χ2v) is 8.19. The zero-order valence-corrected chi connectivity index (χ0v) is 16.6. The molecule has 0 radical (unpaired) electrons. The monoisotopic (exact) mass is 400 g/mol. The van der Waals surface area contributed by atoms with Crippen molar-refractivity contribution in [2.45, 2.75) is 17.4 Å². The SMILES string of the molecule is CSc1ccccc1NC(=O)C(=O)NCC(C)(O)c1cc2ccccc2s1. The topological polar surface area (TPSA) is 78.4 Å². The van der Waals surface area contributed by atoms with Crippen LogP contribution < -0.4 is 10.6 Å². The molecule has 0 aliphatic heterocycles. The summed E-state index contributed by atoms with van der Waals surface area (Å²) in [5, 5.41) is 16.9. The molecule has 0 saturated heterocycles. The Hall–Kier alpha value is -2.35. The lowest BCUT2D eigenvalue weighted by Gasteiger charge is -2.22. The lowest BCUT2D eigenvalue weighted by Crippen LogP contribution is -2.43. The molecule has 1 heterocycles. The van der Waals surface area contributed by atoms with Gasteiger partial charge in [-0.1, -0.05) is 30.3 Å². The van der Waals surface area contributed by atoms with E-state index in [0.717, 1.165) is 19.9 Å². The minimum atomic E-state index is -1.27. The third-order valence-electron chi connectivity index (χ3n) is 4.11. The summed E-state index contributed by atoms with van der Waals surface area (Å²) in [6.45, 7) is 1.56. The molecule has 2 amide bonds. The zero-order valence-electron chi connectivity index (χ0n) is 15.0. The van der Waals surface area contributed by atoms with Gasteiger partial charge in [0.05, 0.1) is 12.2 Å². The molecule has 0 spiro atoms. The Bertz CT molecular complexity index is 949. The van der Waals surface area contributed by atoms with Crippen LogP contribution in [0.5, 0.6) is 0 Å². The van der Waals surface area contributed by atoms with Crippen molar-refractivity contribution >= 4 is 50.7 Å². The van der Waals surface area contributed by atoms with E-state index < -0.39 is 17.4 Å². The molecule has 0 bridgehead atoms. The summed E-state index contributed by atoms with van der Waals surface area (Å²) >= 11 is 2.95. The van der Waals surface area contributed by atoms with Crippen LogP contribution >= 0.6 is 23.1 Å². The number of hydrogen-bond acceptors (Lipinski definition) is 5. The first-order valence-corrected chi connectivity index (χ1v) is 10.4. The number of para-hydroxylation sites is 1. The lowest BCUT2D eigenvalue weighted by molar-refractivity contribution is -0.136. The smallest absolute Gasteiger partial charge is 0.313 e. The van der Waals surface area contributed by atoms with Gasteiger partial charge in [-0.05, 0) is 42.8 Å². The Labute approximate surface area is 165 Å². The first-order valence-electron chi connectivity index (χ1n) is 8.34. The fourth-order valence-corrected chi connectivity index (χ4v) is 4.25. The Morgan fingerprint density at radius 3 is 2.56 bits per heavy atom. The number of carbonyl (C=O) groups excluding carboxylic acids is 2. The van der Waals surface area contributed by atoms with E-state index in [1.54, 1.807) is 19.1 Å². The minimum Gasteiger partial charge on any atom is -0.383 e. The maximum absolute atomic E-state index is 12.2. The van der Waals surface area contributed by atoms with Crippen molar-refractivity contribution < 1.29 is 14.7 Å². The molecule has 1 atom stereocenters. The number of benzene rings is 2. The molecular formula is C20H20N2O3S2. The van der Waals surface area contributed by atoms with E-state index in [9.17, 15) is 14.7 Å². The summed E-state index contributed by atoms with van der Waals surface area (Å²) in [4.78, 5) is 25.9. The first-order chi connectivity index (χ1) is 12.9. The number of thioether (sulfide) groups is 1. The van der Waals surface area contributed by atoms with Crippen molar-refractivity contribution in [1.29, 1.82) is 0 Å². The van der Waals surface area contributed by atoms with Gasteiger partial charge in [-0.15, -0.1) is 23.1 Å². The van der Waals surface area contributed by atoms with Gasteiger partial charge in [-0.25, -0.2) is 0 Å². The van der Waals surface area contributed by atoms with Gasteiger partial charge in [0.25, 0.3) is 0 Å². The van der Waals surface area contributed by atoms with E-state index in [1.165, 1.54) is 23.1 Å². The third kappa shape index (κ3) is 4.50. The molecular weight excluding hydrogens is 380 g/mol. The number of rotatable bonds is 5. The summed E-state index contributed by atoms with van der Waals surface area (Å²) in [5.41, 5.74) is -0.682. The second-order valence-electron chi connectivity index (χ2n) is 6.26. The van der Waals surface area contributed by atoms with Gasteiger partial charge in [0.1, 0.15) is 5.60 Å². The average molecular weight is 401 g/mol. The highest BCUT2D eigenvalue weighted by Crippen LogP contribution is 2.32. The van der Waals surface area contributed by atoms with Gasteiger partial charge in [0, 0.05) is 14.5 Å². The fourth-order valence-electron chi connectivity index (χ4n) is 2.59. The van der Waals surface area contributed by atoms with Gasteiger partial charge in [-0.3, -0.25) is 9.59 Å². The maximum atomic E-state index is 12.2. The standard InChI is InChI=1S/C20H20N2O3S2/c1-20(25,17-11-13-7-3-5-9-15(13)27-17)12-21-18(23)19(24)22-14-8-4-6-10-16(14)26-2/h3-11,25H,12H2,1-2H3,(H,21,23)(H,22,24). The highest BCUT2D eigenvalue weighted by Gasteiger charge is 2.27. The molecule has 2 aromatic carbocycles. The van der Waals surface area contributed by atoms with Crippen LogP contribution in [-0.2, 0) is 15.2 Å². The molecule has 0 aliphatic rings. The van der Waals surface area contributed by atoms with Crippen molar-refractivity contribution in [3.63, 3.8) is 0 Å². The van der Waals surface area contributed by atoms with Crippen molar-refractivity contribution in [3.8, 4) is 0 Å². The van der Waals surface area contributed by atoms with Crippen LogP contribution in [0.1, 0.15) is 11.8 Å². The van der Waals surface area contributed by atoms with E-state index in [1.807, 2.05) is 48.7 Å². The van der Waals surface area contributed by atoms with Crippen LogP contribution in [0, 0.1) is 0 Å². The summed E-state index contributed by atoms with van der Waals surface area (Å²) in [6, 6.07) is 17.0. The maximum Gasteiger partial charge on any atom is 0.313 e. The Morgan fingerprint density at radius 2 is 1.81 bits per heavy atom. The molecule has 140 valence electrons. The molecule has 1 unspecified atom stereocenters. The molecule has 3 N–H and O–H groups in total. The van der Waals surface area contributed by atoms with Crippen LogP contribution in [0.4, 0.5) is 5.69 Å². The highest BCUT2D eigenvalue weighted by atomic mass is 32.2. The number of aliphatic hydroxyl groups is 1. The molecule has 7 heteroatoms. The fraction of sp³-hybridized carbons (Fsp3) is 0.200. The molecule has 5 nitrogen and oxygen atoms in total. The van der Waals surface area contributed by atoms with Gasteiger partial charge in [-0.2, -0.15) is 0 Å². The molecule has 3 aromatic rings. The first kappa shape index (κ1) is 19.4. The summed E-state index contributed by atoms with van der Waals surface area (Å²) in [5.74, 6) is -1.55. The van der Waals surface area contributed by atoms with Crippen molar-refractivity contribution in [3.05, 3.63) is 59.5 Å². The van der Waals surface area contributed by atoms with Crippen molar-refractivity contribution in [2.24, 2.45) is 0 Å². The van der Waals surface area contributed by atoms with E-state index in [2.05, 4.69) is 10.6 Å². The Morgan fingerprint density at radius 1 is 1.11 bits per heavy atom. The summed E-state index contributed by atoms with van der Waals surface area (Å²) < 4.78 is 1.06. The van der Waals surface area contributed by atoms with Crippen LogP contribution in [-0.4, -0.2) is 29.7 Å². The number of thiophene rings is 1. The Kier molecular flexibility index (Phi) is 5.84. The number of nitrogens with one attached hydrogen (secondary N) is 2. The predicted octanol–water partition coefficient (Wildman–Crippen LogP) is 3.59. The number of anilines is 1. The van der Waals surface area contributed by atoms with Gasteiger partial charge >= 0.3 is 11.8 Å². The van der Waals surface area contributed by atoms with Crippen LogP contribution in [0.15, 0.2) is 59.5 Å². The number of carbonyl (C=O) groups is 2. The highest BCUT2D eigenvalue weighted by molar-refractivity contribution is 7.98. The zero-order chi connectivity index (χ0) is 19.4. The molecule has 27 heavy (non-hydrogen) atoms. The van der Waals surface area contributed by atoms with Crippen LogP contribution in [0.2, 0.25) is 0 Å². The van der Waals surface area contributed by atoms with E-state index in [-0.39, 0.29) is 6.54 Å². The minimum absolute atomic E-state index is 0.0593. The number of fused-ring (bicyclic) bond motifs is 1. The van der Waals surface area contributed by atoms with E-state index in [0.29, 0.717) is 5.69 Å². The van der Waals surface area contributed by atoms with Crippen molar-refractivity contribution in [1.82, 2.24) is 5.32 Å². The van der Waals surface area contributed by atoms with Gasteiger partial charge in [0.15, 0.2) is 0 Å². The lowest BCUT2D eigenvalue weighted by atomic mass is 10.0. The average Bonchev–Trinajstić information content (AvgIpc) is 3.12. The quantitative estimate of drug-likeness (QED) is 0.452. The third-order valence-corrected chi connectivity index (χ3v) is 6.28. The van der Waals surface area contributed by atoms with Gasteiger partial charge in [0.2, 0.25) is 0 Å². The summed E-state index contributed by atoms with van der Waals surface area (Å²) in [7, 11) is 0. The summed E-state index contributed by atoms with van der Waals surface area (Å²) in [6.07, 6.45) is 1.90. The van der Waals surface area contributed by atoms with E-state index >= 15 is 0 Å². The number of amides is 2. The Balaban J connectivity index is 1.64. The largest absolute Gasteiger partial charge is 0.383 e. The van der Waals surface area contributed by atoms with Crippen molar-refractivity contribution in [2.75, 3.05) is 18.1 Å². The van der Waals surface area contributed by atoms with Gasteiger partial charge < -0.3 is 15.7 Å². The van der Waals surface area contributed by atoms with E-state index in [4.69, 9.17) is 0 Å². The molecule has 0 saturated carbocycles. The van der Waals surface area contributed by atoms with Crippen LogP contribution in [0.3, 0.4) is 0 Å². The molecule has 0 aliphatic carbocycles. The normalized spacial score (nSPS) is 13.1. The second kappa shape index (κ2) is 8.12. The molecule has 1 aromatic heterocycles. The number of hydrogen-bond donors (Lipinski definition) is 3. The predicted molar refractivity (Wildman–Crippen MR) is 111 cm³/mol.